The molecule has 0 aromatic heterocycles. The third-order valence-corrected chi connectivity index (χ3v) is 4.18. The summed E-state index contributed by atoms with van der Waals surface area (Å²) in [7, 11) is 0. The second-order valence-corrected chi connectivity index (χ2v) is 5.86. The molecule has 19 heavy (non-hydrogen) atoms. The highest BCUT2D eigenvalue weighted by Gasteiger charge is 2.23. The molecule has 0 aliphatic heterocycles. The third kappa shape index (κ3) is 2.67. The van der Waals surface area contributed by atoms with E-state index in [0.717, 1.165) is 29.4 Å². The Balaban J connectivity index is 1.72. The van der Waals surface area contributed by atoms with Crippen LogP contribution in [0.25, 0.3) is 0 Å². The molecule has 2 aromatic carbocycles. The SMILES string of the molecule is Oc1cccc2c1CCC2NCc1cccc(Br)c1. The van der Waals surface area contributed by atoms with E-state index in [1.807, 2.05) is 12.1 Å². The number of halogens is 1. The zero-order valence-corrected chi connectivity index (χ0v) is 12.2. The van der Waals surface area contributed by atoms with Gasteiger partial charge in [0.1, 0.15) is 5.75 Å². The summed E-state index contributed by atoms with van der Waals surface area (Å²) in [5.41, 5.74) is 3.62. The molecule has 0 radical (unpaired) electrons. The van der Waals surface area contributed by atoms with Crippen LogP contribution in [0.3, 0.4) is 0 Å². The number of benzene rings is 2. The molecular formula is C16H16BrNO. The number of nitrogens with one attached hydrogen (secondary N) is 1. The second-order valence-electron chi connectivity index (χ2n) is 4.95. The molecule has 1 aliphatic rings. The molecule has 3 heteroatoms. The first-order valence-corrected chi connectivity index (χ1v) is 7.32. The highest BCUT2D eigenvalue weighted by molar-refractivity contribution is 9.10. The van der Waals surface area contributed by atoms with Gasteiger partial charge >= 0.3 is 0 Å². The van der Waals surface area contributed by atoms with E-state index in [4.69, 9.17) is 0 Å². The van der Waals surface area contributed by atoms with E-state index in [9.17, 15) is 5.11 Å². The van der Waals surface area contributed by atoms with E-state index in [2.05, 4.69) is 45.5 Å². The number of phenolic OH excluding ortho intramolecular Hbond substituents is 1. The first-order valence-electron chi connectivity index (χ1n) is 6.52. The molecule has 0 amide bonds. The molecule has 0 bridgehead atoms. The Bertz CT molecular complexity index is 597. The minimum atomic E-state index is 0.348. The van der Waals surface area contributed by atoms with Gasteiger partial charge in [0.25, 0.3) is 0 Å². The minimum Gasteiger partial charge on any atom is -0.508 e. The van der Waals surface area contributed by atoms with Gasteiger partial charge in [0.2, 0.25) is 0 Å². The Labute approximate surface area is 121 Å². The van der Waals surface area contributed by atoms with E-state index in [0.29, 0.717) is 11.8 Å². The lowest BCUT2D eigenvalue weighted by Crippen LogP contribution is -2.18. The summed E-state index contributed by atoms with van der Waals surface area (Å²) in [4.78, 5) is 0. The molecule has 2 N–H and O–H groups in total. The molecule has 0 fully saturated rings. The average Bonchev–Trinajstić information content (AvgIpc) is 2.81. The Morgan fingerprint density at radius 3 is 2.89 bits per heavy atom. The van der Waals surface area contributed by atoms with E-state index in [1.165, 1.54) is 11.1 Å². The predicted molar refractivity (Wildman–Crippen MR) is 80.2 cm³/mol. The number of fused-ring (bicyclic) bond motifs is 1. The fraction of sp³-hybridized carbons (Fsp3) is 0.250. The molecule has 98 valence electrons. The van der Waals surface area contributed by atoms with Crippen molar-refractivity contribution in [2.24, 2.45) is 0 Å². The lowest BCUT2D eigenvalue weighted by Gasteiger charge is -2.14. The molecule has 2 aromatic rings. The van der Waals surface area contributed by atoms with Crippen molar-refractivity contribution in [3.05, 3.63) is 63.6 Å². The third-order valence-electron chi connectivity index (χ3n) is 3.69. The van der Waals surface area contributed by atoms with Crippen LogP contribution in [0.2, 0.25) is 0 Å². The molecule has 3 rings (SSSR count). The molecule has 0 saturated carbocycles. The van der Waals surface area contributed by atoms with Crippen LogP contribution in [0, 0.1) is 0 Å². The average molecular weight is 318 g/mol. The van der Waals surface area contributed by atoms with Crippen molar-refractivity contribution >= 4 is 15.9 Å². The van der Waals surface area contributed by atoms with E-state index in [1.54, 1.807) is 6.07 Å². The number of aromatic hydroxyl groups is 1. The van der Waals surface area contributed by atoms with Gasteiger partial charge < -0.3 is 10.4 Å². The normalized spacial score (nSPS) is 17.4. The summed E-state index contributed by atoms with van der Waals surface area (Å²) in [5, 5.41) is 13.4. The zero-order chi connectivity index (χ0) is 13.2. The highest BCUT2D eigenvalue weighted by Crippen LogP contribution is 2.36. The van der Waals surface area contributed by atoms with Crippen molar-refractivity contribution in [1.29, 1.82) is 0 Å². The Hall–Kier alpha value is -1.32. The van der Waals surface area contributed by atoms with Gasteiger partial charge in [-0.3, -0.25) is 0 Å². The molecule has 1 atom stereocenters. The van der Waals surface area contributed by atoms with Gasteiger partial charge in [0.15, 0.2) is 0 Å². The van der Waals surface area contributed by atoms with E-state index < -0.39 is 0 Å². The summed E-state index contributed by atoms with van der Waals surface area (Å²) >= 11 is 3.49. The highest BCUT2D eigenvalue weighted by atomic mass is 79.9. The van der Waals surface area contributed by atoms with Gasteiger partial charge in [-0.2, -0.15) is 0 Å². The fourth-order valence-corrected chi connectivity index (χ4v) is 3.18. The molecule has 1 aliphatic carbocycles. The smallest absolute Gasteiger partial charge is 0.119 e. The van der Waals surface area contributed by atoms with Crippen LogP contribution in [0.4, 0.5) is 0 Å². The van der Waals surface area contributed by atoms with Gasteiger partial charge in [-0.05, 0) is 47.7 Å². The largest absolute Gasteiger partial charge is 0.508 e. The lowest BCUT2D eigenvalue weighted by molar-refractivity contribution is 0.469. The van der Waals surface area contributed by atoms with E-state index in [-0.39, 0.29) is 0 Å². The lowest BCUT2D eigenvalue weighted by atomic mass is 10.1. The van der Waals surface area contributed by atoms with Crippen molar-refractivity contribution in [2.75, 3.05) is 0 Å². The molecule has 1 unspecified atom stereocenters. The Morgan fingerprint density at radius 2 is 2.05 bits per heavy atom. The zero-order valence-electron chi connectivity index (χ0n) is 10.6. The minimum absolute atomic E-state index is 0.348. The summed E-state index contributed by atoms with van der Waals surface area (Å²) < 4.78 is 1.11. The van der Waals surface area contributed by atoms with Gasteiger partial charge in [-0.1, -0.05) is 40.2 Å². The standard InChI is InChI=1S/C16H16BrNO/c17-12-4-1-3-11(9-12)10-18-15-8-7-14-13(15)5-2-6-16(14)19/h1-6,9,15,18-19H,7-8,10H2. The van der Waals surface area contributed by atoms with Crippen LogP contribution in [0.5, 0.6) is 5.75 Å². The topological polar surface area (TPSA) is 32.3 Å². The van der Waals surface area contributed by atoms with Crippen molar-refractivity contribution in [3.8, 4) is 5.75 Å². The molecule has 0 saturated heterocycles. The van der Waals surface area contributed by atoms with Crippen LogP contribution in [0.15, 0.2) is 46.9 Å². The molecule has 0 heterocycles. The summed E-state index contributed by atoms with van der Waals surface area (Å²) in [6, 6.07) is 14.5. The number of hydrogen-bond acceptors (Lipinski definition) is 2. The predicted octanol–water partition coefficient (Wildman–Crippen LogP) is 3.93. The van der Waals surface area contributed by atoms with Gasteiger partial charge in [-0.25, -0.2) is 0 Å². The molecule has 0 spiro atoms. The Morgan fingerprint density at radius 1 is 1.21 bits per heavy atom. The second kappa shape index (κ2) is 5.35. The van der Waals surface area contributed by atoms with Crippen LogP contribution >= 0.6 is 15.9 Å². The van der Waals surface area contributed by atoms with Gasteiger partial charge in [0, 0.05) is 17.1 Å². The van der Waals surface area contributed by atoms with Gasteiger partial charge in [-0.15, -0.1) is 0 Å². The Kier molecular flexibility index (Phi) is 3.58. The number of rotatable bonds is 3. The van der Waals surface area contributed by atoms with Crippen LogP contribution in [-0.2, 0) is 13.0 Å². The summed E-state index contributed by atoms with van der Waals surface area (Å²) in [6.07, 6.45) is 2.01. The summed E-state index contributed by atoms with van der Waals surface area (Å²) in [5.74, 6) is 0.434. The molecular weight excluding hydrogens is 302 g/mol. The first-order chi connectivity index (χ1) is 9.24. The monoisotopic (exact) mass is 317 g/mol. The fourth-order valence-electron chi connectivity index (χ4n) is 2.74. The summed E-state index contributed by atoms with van der Waals surface area (Å²) in [6.45, 7) is 0.846. The maximum atomic E-state index is 9.84. The maximum absolute atomic E-state index is 9.84. The quantitative estimate of drug-likeness (QED) is 0.899. The van der Waals surface area contributed by atoms with Gasteiger partial charge in [0.05, 0.1) is 0 Å². The van der Waals surface area contributed by atoms with Crippen molar-refractivity contribution in [1.82, 2.24) is 5.32 Å². The number of phenols is 1. The molecule has 2 nitrogen and oxygen atoms in total. The van der Waals surface area contributed by atoms with Crippen molar-refractivity contribution in [3.63, 3.8) is 0 Å². The first kappa shape index (κ1) is 12.7. The maximum Gasteiger partial charge on any atom is 0.119 e. The van der Waals surface area contributed by atoms with Crippen LogP contribution in [0.1, 0.15) is 29.2 Å². The van der Waals surface area contributed by atoms with Crippen LogP contribution < -0.4 is 5.32 Å². The number of hydrogen-bond donors (Lipinski definition) is 2. The van der Waals surface area contributed by atoms with Crippen molar-refractivity contribution in [2.45, 2.75) is 25.4 Å². The van der Waals surface area contributed by atoms with Crippen LogP contribution in [-0.4, -0.2) is 5.11 Å². The van der Waals surface area contributed by atoms with Crippen molar-refractivity contribution < 1.29 is 5.11 Å². The van der Waals surface area contributed by atoms with E-state index >= 15 is 0 Å².